The number of rotatable bonds is 4. The average molecular weight is 341 g/mol. The van der Waals surface area contributed by atoms with E-state index in [-0.39, 0.29) is 24.1 Å². The molecule has 2 atom stereocenters. The van der Waals surface area contributed by atoms with E-state index in [1.165, 1.54) is 5.56 Å². The van der Waals surface area contributed by atoms with Crippen LogP contribution < -0.4 is 0 Å². The number of carbonyl (C=O) groups is 2. The number of furan rings is 1. The van der Waals surface area contributed by atoms with Crippen LogP contribution >= 0.6 is 0 Å². The Kier molecular flexibility index (Phi) is 4.93. The number of hydrogen-bond acceptors (Lipinski definition) is 3. The number of nitrogens with zero attached hydrogens (tertiary/aromatic N) is 1. The number of piperidine rings is 1. The quantitative estimate of drug-likeness (QED) is 0.920. The second-order valence-electron chi connectivity index (χ2n) is 6.80. The summed E-state index contributed by atoms with van der Waals surface area (Å²) in [6.07, 6.45) is 1.58. The van der Waals surface area contributed by atoms with Gasteiger partial charge in [-0.05, 0) is 36.5 Å². The molecular formula is C20H23NO4. The van der Waals surface area contributed by atoms with E-state index in [1.807, 2.05) is 31.2 Å². The van der Waals surface area contributed by atoms with Crippen molar-refractivity contribution >= 4 is 11.9 Å². The fraction of sp³-hybridized carbons (Fsp3) is 0.400. The summed E-state index contributed by atoms with van der Waals surface area (Å²) >= 11 is 0. The highest BCUT2D eigenvalue weighted by atomic mass is 16.4. The molecule has 1 aromatic heterocycles. The third kappa shape index (κ3) is 3.76. The molecule has 2 aromatic rings. The van der Waals surface area contributed by atoms with Crippen LogP contribution in [-0.2, 0) is 11.2 Å². The molecule has 2 unspecified atom stereocenters. The molecule has 5 nitrogen and oxygen atoms in total. The van der Waals surface area contributed by atoms with E-state index in [4.69, 9.17) is 4.42 Å². The summed E-state index contributed by atoms with van der Waals surface area (Å²) in [5.74, 6) is -0.535. The molecule has 1 saturated heterocycles. The van der Waals surface area contributed by atoms with Crippen molar-refractivity contribution in [3.63, 3.8) is 0 Å². The van der Waals surface area contributed by atoms with Gasteiger partial charge in [-0.2, -0.15) is 0 Å². The molecule has 1 fully saturated rings. The van der Waals surface area contributed by atoms with Crippen LogP contribution in [0.25, 0.3) is 11.3 Å². The van der Waals surface area contributed by atoms with Gasteiger partial charge in [0.2, 0.25) is 0 Å². The fourth-order valence-electron chi connectivity index (χ4n) is 3.36. The molecule has 1 N–H and O–H groups in total. The standard InChI is InChI=1S/C20H23NO4/c1-3-14-4-6-15(7-5-14)17-8-9-18(25-17)19(22)21-11-13(2)10-16(12-21)20(23)24/h4-9,13,16H,3,10-12H2,1-2H3,(H,23,24). The van der Waals surface area contributed by atoms with Crippen molar-refractivity contribution in [3.8, 4) is 11.3 Å². The van der Waals surface area contributed by atoms with Crippen LogP contribution in [0.4, 0.5) is 0 Å². The third-order valence-electron chi connectivity index (χ3n) is 4.76. The molecule has 0 bridgehead atoms. The minimum absolute atomic E-state index is 0.162. The van der Waals surface area contributed by atoms with Gasteiger partial charge in [-0.25, -0.2) is 0 Å². The summed E-state index contributed by atoms with van der Waals surface area (Å²) < 4.78 is 5.75. The maximum absolute atomic E-state index is 12.7. The molecule has 0 aliphatic carbocycles. The van der Waals surface area contributed by atoms with Crippen molar-refractivity contribution in [3.05, 3.63) is 47.7 Å². The Labute approximate surface area is 147 Å². The Bertz CT molecular complexity index is 762. The van der Waals surface area contributed by atoms with Crippen molar-refractivity contribution in [1.82, 2.24) is 4.90 Å². The van der Waals surface area contributed by atoms with E-state index in [2.05, 4.69) is 6.92 Å². The lowest BCUT2D eigenvalue weighted by Crippen LogP contribution is -2.45. The molecule has 2 heterocycles. The highest BCUT2D eigenvalue weighted by Crippen LogP contribution is 2.26. The first-order valence-corrected chi connectivity index (χ1v) is 8.69. The normalized spacial score (nSPS) is 20.5. The van der Waals surface area contributed by atoms with Crippen molar-refractivity contribution in [2.24, 2.45) is 11.8 Å². The molecule has 0 spiro atoms. The third-order valence-corrected chi connectivity index (χ3v) is 4.76. The SMILES string of the molecule is CCc1ccc(-c2ccc(C(=O)N3CC(C)CC(C(=O)O)C3)o2)cc1. The van der Waals surface area contributed by atoms with Gasteiger partial charge in [0.1, 0.15) is 5.76 Å². The smallest absolute Gasteiger partial charge is 0.308 e. The lowest BCUT2D eigenvalue weighted by molar-refractivity contribution is -0.143. The zero-order chi connectivity index (χ0) is 18.0. The first-order chi connectivity index (χ1) is 12.0. The lowest BCUT2D eigenvalue weighted by Gasteiger charge is -2.34. The minimum Gasteiger partial charge on any atom is -0.481 e. The maximum atomic E-state index is 12.7. The van der Waals surface area contributed by atoms with E-state index in [1.54, 1.807) is 17.0 Å². The summed E-state index contributed by atoms with van der Waals surface area (Å²) in [6.45, 7) is 4.87. The highest BCUT2D eigenvalue weighted by molar-refractivity contribution is 5.92. The number of benzene rings is 1. The maximum Gasteiger partial charge on any atom is 0.308 e. The fourth-order valence-corrected chi connectivity index (χ4v) is 3.36. The Morgan fingerprint density at radius 1 is 1.16 bits per heavy atom. The van der Waals surface area contributed by atoms with E-state index in [0.717, 1.165) is 12.0 Å². The predicted octanol–water partition coefficient (Wildman–Crippen LogP) is 3.69. The predicted molar refractivity (Wildman–Crippen MR) is 94.3 cm³/mol. The van der Waals surface area contributed by atoms with Gasteiger partial charge >= 0.3 is 5.97 Å². The van der Waals surface area contributed by atoms with Gasteiger partial charge in [0.05, 0.1) is 5.92 Å². The molecular weight excluding hydrogens is 318 g/mol. The van der Waals surface area contributed by atoms with Crippen LogP contribution in [-0.4, -0.2) is 35.0 Å². The van der Waals surface area contributed by atoms with Gasteiger partial charge in [0.15, 0.2) is 5.76 Å². The Morgan fingerprint density at radius 3 is 2.52 bits per heavy atom. The van der Waals surface area contributed by atoms with Crippen LogP contribution in [0.3, 0.4) is 0 Å². The molecule has 1 amide bonds. The van der Waals surface area contributed by atoms with Gasteiger partial charge in [-0.15, -0.1) is 0 Å². The van der Waals surface area contributed by atoms with Crippen LogP contribution in [0.15, 0.2) is 40.8 Å². The van der Waals surface area contributed by atoms with Crippen molar-refractivity contribution < 1.29 is 19.1 Å². The molecule has 1 aliphatic rings. The van der Waals surface area contributed by atoms with Crippen molar-refractivity contribution in [1.29, 1.82) is 0 Å². The molecule has 25 heavy (non-hydrogen) atoms. The van der Waals surface area contributed by atoms with Crippen molar-refractivity contribution in [2.45, 2.75) is 26.7 Å². The monoisotopic (exact) mass is 341 g/mol. The van der Waals surface area contributed by atoms with Crippen LogP contribution in [0, 0.1) is 11.8 Å². The number of carbonyl (C=O) groups excluding carboxylic acids is 1. The van der Waals surface area contributed by atoms with E-state index < -0.39 is 11.9 Å². The molecule has 132 valence electrons. The summed E-state index contributed by atoms with van der Waals surface area (Å²) in [5, 5.41) is 9.26. The van der Waals surface area contributed by atoms with Crippen molar-refractivity contribution in [2.75, 3.05) is 13.1 Å². The minimum atomic E-state index is -0.847. The zero-order valence-electron chi connectivity index (χ0n) is 14.6. The number of aliphatic carboxylic acids is 1. The molecule has 1 aromatic carbocycles. The topological polar surface area (TPSA) is 70.8 Å². The van der Waals surface area contributed by atoms with E-state index in [9.17, 15) is 14.7 Å². The molecule has 0 saturated carbocycles. The average Bonchev–Trinajstić information content (AvgIpc) is 3.10. The molecule has 1 aliphatic heterocycles. The van der Waals surface area contributed by atoms with E-state index >= 15 is 0 Å². The van der Waals surface area contributed by atoms with Crippen LogP contribution in [0.2, 0.25) is 0 Å². The first kappa shape index (κ1) is 17.3. The summed E-state index contributed by atoms with van der Waals surface area (Å²) in [4.78, 5) is 25.6. The van der Waals surface area contributed by atoms with Gasteiger partial charge < -0.3 is 14.4 Å². The van der Waals surface area contributed by atoms with Gasteiger partial charge in [0, 0.05) is 18.7 Å². The number of amides is 1. The summed E-state index contributed by atoms with van der Waals surface area (Å²) in [6, 6.07) is 11.5. The zero-order valence-corrected chi connectivity index (χ0v) is 14.6. The Hall–Kier alpha value is -2.56. The second-order valence-corrected chi connectivity index (χ2v) is 6.80. The number of likely N-dealkylation sites (tertiary alicyclic amines) is 1. The van der Waals surface area contributed by atoms with Crippen LogP contribution in [0.1, 0.15) is 36.4 Å². The van der Waals surface area contributed by atoms with Crippen LogP contribution in [0.5, 0.6) is 0 Å². The largest absolute Gasteiger partial charge is 0.481 e. The Balaban J connectivity index is 1.76. The number of hydrogen-bond donors (Lipinski definition) is 1. The molecule has 5 heteroatoms. The second kappa shape index (κ2) is 7.13. The number of carboxylic acids is 1. The molecule has 3 rings (SSSR count). The van der Waals surface area contributed by atoms with E-state index in [0.29, 0.717) is 18.7 Å². The summed E-state index contributed by atoms with van der Waals surface area (Å²) in [7, 11) is 0. The number of carboxylic acid groups (broad SMARTS) is 1. The summed E-state index contributed by atoms with van der Waals surface area (Å²) in [5.41, 5.74) is 2.17. The van der Waals surface area contributed by atoms with Gasteiger partial charge in [-0.3, -0.25) is 9.59 Å². The van der Waals surface area contributed by atoms with Gasteiger partial charge in [0.25, 0.3) is 5.91 Å². The Morgan fingerprint density at radius 2 is 1.88 bits per heavy atom. The molecule has 0 radical (unpaired) electrons. The van der Waals surface area contributed by atoms with Gasteiger partial charge in [-0.1, -0.05) is 38.1 Å². The lowest BCUT2D eigenvalue weighted by atomic mass is 9.90. The first-order valence-electron chi connectivity index (χ1n) is 8.69. The number of aryl methyl sites for hydroxylation is 1. The highest BCUT2D eigenvalue weighted by Gasteiger charge is 2.33.